The second-order valence-corrected chi connectivity index (χ2v) is 11.8. The van der Waals surface area contributed by atoms with E-state index in [1.165, 1.54) is 24.3 Å². The first-order valence-corrected chi connectivity index (χ1v) is 14.5. The SMILES string of the molecule is Cc1ccc(N(CC(=O)Nc2ccccc2C(=O)N2CCCCCC2)S(=O)(=O)c2ccc(Cl)cc2)cc1C. The molecular weight excluding hydrogens is 522 g/mol. The highest BCUT2D eigenvalue weighted by molar-refractivity contribution is 7.92. The maximum Gasteiger partial charge on any atom is 0.264 e. The molecule has 1 saturated heterocycles. The first-order valence-electron chi connectivity index (χ1n) is 12.7. The number of anilines is 2. The predicted octanol–water partition coefficient (Wildman–Crippen LogP) is 5.81. The van der Waals surface area contributed by atoms with Gasteiger partial charge in [0, 0.05) is 18.1 Å². The number of rotatable bonds is 7. The monoisotopic (exact) mass is 553 g/mol. The van der Waals surface area contributed by atoms with Gasteiger partial charge in [0.2, 0.25) is 5.91 Å². The number of halogens is 1. The van der Waals surface area contributed by atoms with E-state index in [1.54, 1.807) is 36.4 Å². The van der Waals surface area contributed by atoms with E-state index in [2.05, 4.69) is 5.32 Å². The van der Waals surface area contributed by atoms with Crippen LogP contribution in [0.25, 0.3) is 0 Å². The van der Waals surface area contributed by atoms with E-state index >= 15 is 0 Å². The van der Waals surface area contributed by atoms with Crippen LogP contribution in [0.4, 0.5) is 11.4 Å². The molecule has 1 aliphatic heterocycles. The molecule has 1 heterocycles. The van der Waals surface area contributed by atoms with Gasteiger partial charge in [-0.05, 0) is 86.3 Å². The fraction of sp³-hybridized carbons (Fsp3) is 0.310. The number of hydrogen-bond donors (Lipinski definition) is 1. The summed E-state index contributed by atoms with van der Waals surface area (Å²) in [5.74, 6) is -0.695. The molecule has 1 aliphatic rings. The van der Waals surface area contributed by atoms with Gasteiger partial charge in [0.15, 0.2) is 0 Å². The number of likely N-dealkylation sites (tertiary alicyclic amines) is 1. The molecule has 0 aromatic heterocycles. The average molecular weight is 554 g/mol. The van der Waals surface area contributed by atoms with Crippen molar-refractivity contribution in [3.8, 4) is 0 Å². The van der Waals surface area contributed by atoms with Gasteiger partial charge in [0.25, 0.3) is 15.9 Å². The number of hydrogen-bond acceptors (Lipinski definition) is 4. The van der Waals surface area contributed by atoms with E-state index in [9.17, 15) is 18.0 Å². The number of sulfonamides is 1. The summed E-state index contributed by atoms with van der Waals surface area (Å²) in [7, 11) is -4.10. The number of benzene rings is 3. The second-order valence-electron chi connectivity index (χ2n) is 9.53. The maximum absolute atomic E-state index is 13.7. The van der Waals surface area contributed by atoms with Crippen molar-refractivity contribution in [1.29, 1.82) is 0 Å². The van der Waals surface area contributed by atoms with Gasteiger partial charge in [-0.2, -0.15) is 0 Å². The van der Waals surface area contributed by atoms with E-state index < -0.39 is 22.5 Å². The minimum Gasteiger partial charge on any atom is -0.339 e. The van der Waals surface area contributed by atoms with Crippen LogP contribution in [-0.4, -0.2) is 44.8 Å². The Labute approximate surface area is 229 Å². The Hall–Kier alpha value is -3.36. The molecule has 7 nitrogen and oxygen atoms in total. The standard InChI is InChI=1S/C29H32ClN3O4S/c1-21-11-14-24(19-22(21)2)33(38(36,37)25-15-12-23(30)13-16-25)20-28(34)31-27-10-6-5-9-26(27)29(35)32-17-7-3-4-8-18-32/h5-6,9-16,19H,3-4,7-8,17-18,20H2,1-2H3,(H,31,34). The summed E-state index contributed by atoms with van der Waals surface area (Å²) in [6, 6.07) is 17.9. The molecule has 0 bridgehead atoms. The van der Waals surface area contributed by atoms with Crippen LogP contribution in [0.3, 0.4) is 0 Å². The summed E-state index contributed by atoms with van der Waals surface area (Å²) >= 11 is 5.97. The van der Waals surface area contributed by atoms with Crippen molar-refractivity contribution in [1.82, 2.24) is 4.90 Å². The average Bonchev–Trinajstić information content (AvgIpc) is 3.19. The van der Waals surface area contributed by atoms with E-state index in [-0.39, 0.29) is 10.8 Å². The van der Waals surface area contributed by atoms with Crippen molar-refractivity contribution in [2.45, 2.75) is 44.4 Å². The molecule has 0 radical (unpaired) electrons. The number of carbonyl (C=O) groups is 2. The second kappa shape index (κ2) is 12.0. The lowest BCUT2D eigenvalue weighted by molar-refractivity contribution is -0.114. The molecule has 4 rings (SSSR count). The lowest BCUT2D eigenvalue weighted by Gasteiger charge is -2.25. The van der Waals surface area contributed by atoms with Gasteiger partial charge in [-0.3, -0.25) is 13.9 Å². The van der Waals surface area contributed by atoms with Gasteiger partial charge in [0.1, 0.15) is 6.54 Å². The van der Waals surface area contributed by atoms with Gasteiger partial charge >= 0.3 is 0 Å². The minimum absolute atomic E-state index is 0.0182. The van der Waals surface area contributed by atoms with E-state index in [1.807, 2.05) is 24.8 Å². The number of para-hydroxylation sites is 1. The summed E-state index contributed by atoms with van der Waals surface area (Å²) in [4.78, 5) is 28.5. The molecule has 2 amide bonds. The molecule has 200 valence electrons. The van der Waals surface area contributed by atoms with Gasteiger partial charge in [0.05, 0.1) is 21.8 Å². The Kier molecular flexibility index (Phi) is 8.74. The van der Waals surface area contributed by atoms with Crippen molar-refractivity contribution in [2.75, 3.05) is 29.3 Å². The van der Waals surface area contributed by atoms with Gasteiger partial charge < -0.3 is 10.2 Å². The third-order valence-corrected chi connectivity index (χ3v) is 8.83. The number of nitrogens with zero attached hydrogens (tertiary/aromatic N) is 2. The Morgan fingerprint density at radius 3 is 2.21 bits per heavy atom. The highest BCUT2D eigenvalue weighted by atomic mass is 35.5. The van der Waals surface area contributed by atoms with Gasteiger partial charge in [-0.1, -0.05) is 42.6 Å². The van der Waals surface area contributed by atoms with Crippen molar-refractivity contribution in [3.63, 3.8) is 0 Å². The number of nitrogens with one attached hydrogen (secondary N) is 1. The first-order chi connectivity index (χ1) is 18.2. The molecule has 0 atom stereocenters. The smallest absolute Gasteiger partial charge is 0.264 e. The molecule has 0 saturated carbocycles. The summed E-state index contributed by atoms with van der Waals surface area (Å²) in [6.45, 7) is 4.71. The van der Waals surface area contributed by atoms with Crippen molar-refractivity contribution < 1.29 is 18.0 Å². The van der Waals surface area contributed by atoms with Crippen LogP contribution in [0.15, 0.2) is 71.6 Å². The first kappa shape index (κ1) is 27.7. The van der Waals surface area contributed by atoms with E-state index in [0.29, 0.717) is 35.1 Å². The van der Waals surface area contributed by atoms with Gasteiger partial charge in [-0.25, -0.2) is 8.42 Å². The maximum atomic E-state index is 13.7. The van der Waals surface area contributed by atoms with Crippen LogP contribution in [-0.2, 0) is 14.8 Å². The summed E-state index contributed by atoms with van der Waals surface area (Å²) in [6.07, 6.45) is 4.10. The number of amides is 2. The molecule has 9 heteroatoms. The molecule has 0 spiro atoms. The Morgan fingerprint density at radius 1 is 0.895 bits per heavy atom. The molecule has 3 aromatic rings. The fourth-order valence-electron chi connectivity index (χ4n) is 4.47. The largest absolute Gasteiger partial charge is 0.339 e. The molecule has 1 fully saturated rings. The van der Waals surface area contributed by atoms with Crippen LogP contribution in [0.5, 0.6) is 0 Å². The normalized spacial score (nSPS) is 14.0. The lowest BCUT2D eigenvalue weighted by atomic mass is 10.1. The van der Waals surface area contributed by atoms with Crippen LogP contribution in [0, 0.1) is 13.8 Å². The van der Waals surface area contributed by atoms with Crippen molar-refractivity contribution in [3.05, 3.63) is 88.4 Å². The predicted molar refractivity (Wildman–Crippen MR) is 151 cm³/mol. The lowest BCUT2D eigenvalue weighted by Crippen LogP contribution is -2.38. The van der Waals surface area contributed by atoms with Crippen molar-refractivity contribution in [2.24, 2.45) is 0 Å². The highest BCUT2D eigenvalue weighted by Crippen LogP contribution is 2.27. The molecular formula is C29H32ClN3O4S. The number of aryl methyl sites for hydroxylation is 2. The fourth-order valence-corrected chi connectivity index (χ4v) is 6.01. The molecule has 38 heavy (non-hydrogen) atoms. The van der Waals surface area contributed by atoms with Crippen LogP contribution in [0.1, 0.15) is 47.2 Å². The summed E-state index contributed by atoms with van der Waals surface area (Å²) in [5.41, 5.74) is 3.01. The third kappa shape index (κ3) is 6.37. The van der Waals surface area contributed by atoms with E-state index in [4.69, 9.17) is 11.6 Å². The number of carbonyl (C=O) groups excluding carboxylic acids is 2. The van der Waals surface area contributed by atoms with Crippen LogP contribution < -0.4 is 9.62 Å². The zero-order valence-corrected chi connectivity index (χ0v) is 23.2. The Bertz CT molecular complexity index is 1420. The minimum atomic E-state index is -4.10. The third-order valence-electron chi connectivity index (χ3n) is 6.79. The zero-order chi connectivity index (χ0) is 27.3. The zero-order valence-electron chi connectivity index (χ0n) is 21.6. The Morgan fingerprint density at radius 2 is 1.55 bits per heavy atom. The molecule has 0 unspecified atom stereocenters. The molecule has 0 aliphatic carbocycles. The molecule has 1 N–H and O–H groups in total. The summed E-state index contributed by atoms with van der Waals surface area (Å²) < 4.78 is 28.4. The Balaban J connectivity index is 1.63. The quantitative estimate of drug-likeness (QED) is 0.400. The molecule has 3 aromatic carbocycles. The van der Waals surface area contributed by atoms with Crippen molar-refractivity contribution >= 4 is 44.8 Å². The van der Waals surface area contributed by atoms with Crippen LogP contribution in [0.2, 0.25) is 5.02 Å². The van der Waals surface area contributed by atoms with E-state index in [0.717, 1.165) is 41.1 Å². The summed E-state index contributed by atoms with van der Waals surface area (Å²) in [5, 5.41) is 3.20. The highest BCUT2D eigenvalue weighted by Gasteiger charge is 2.28. The van der Waals surface area contributed by atoms with Crippen LogP contribution >= 0.6 is 11.6 Å². The van der Waals surface area contributed by atoms with Gasteiger partial charge in [-0.15, -0.1) is 0 Å². The topological polar surface area (TPSA) is 86.8 Å².